The Kier molecular flexibility index (Phi) is 10.5. The van der Waals surface area contributed by atoms with E-state index in [4.69, 9.17) is 11.6 Å². The maximum absolute atomic E-state index is 13.9. The number of hydrogen-bond acceptors (Lipinski definition) is 4. The number of hydrogen-bond donors (Lipinski definition) is 1. The van der Waals surface area contributed by atoms with Gasteiger partial charge in [0.2, 0.25) is 21.8 Å². The lowest BCUT2D eigenvalue weighted by Crippen LogP contribution is -2.54. The van der Waals surface area contributed by atoms with E-state index in [1.807, 2.05) is 68.4 Å². The number of anilines is 1. The summed E-state index contributed by atoms with van der Waals surface area (Å²) in [4.78, 5) is 28.8. The molecule has 11 heteroatoms. The van der Waals surface area contributed by atoms with Gasteiger partial charge in [-0.2, -0.15) is 0 Å². The van der Waals surface area contributed by atoms with Crippen LogP contribution in [0.5, 0.6) is 0 Å². The summed E-state index contributed by atoms with van der Waals surface area (Å²) in [7, 11) is -3.98. The van der Waals surface area contributed by atoms with Crippen LogP contribution in [0.15, 0.2) is 77.3 Å². The van der Waals surface area contributed by atoms with E-state index in [-0.39, 0.29) is 35.6 Å². The van der Waals surface area contributed by atoms with Crippen molar-refractivity contribution in [3.8, 4) is 0 Å². The van der Waals surface area contributed by atoms with Crippen LogP contribution in [0.1, 0.15) is 25.0 Å². The molecule has 0 spiro atoms. The van der Waals surface area contributed by atoms with E-state index in [2.05, 4.69) is 21.2 Å². The molecule has 3 aromatic rings. The molecule has 2 amide bonds. The van der Waals surface area contributed by atoms with Gasteiger partial charge < -0.3 is 10.2 Å². The average molecular weight is 639 g/mol. The minimum absolute atomic E-state index is 0.0343. The molecular weight excluding hydrogens is 609 g/mol. The minimum atomic E-state index is -3.98. The van der Waals surface area contributed by atoms with Crippen LogP contribution < -0.4 is 9.62 Å². The van der Waals surface area contributed by atoms with Crippen LogP contribution in [0.3, 0.4) is 0 Å². The summed E-state index contributed by atoms with van der Waals surface area (Å²) in [5.41, 5.74) is 1.62. The van der Waals surface area contributed by atoms with Crippen LogP contribution in [0.4, 0.5) is 10.1 Å². The van der Waals surface area contributed by atoms with E-state index < -0.39 is 34.3 Å². The number of carbonyl (C=O) groups is 2. The monoisotopic (exact) mass is 637 g/mol. The Hall–Kier alpha value is -2.95. The van der Waals surface area contributed by atoms with Crippen molar-refractivity contribution < 1.29 is 22.4 Å². The summed E-state index contributed by atoms with van der Waals surface area (Å²) in [5, 5.41) is 2.61. The Labute approximate surface area is 242 Å². The molecule has 1 N–H and O–H groups in total. The zero-order valence-corrected chi connectivity index (χ0v) is 24.9. The summed E-state index contributed by atoms with van der Waals surface area (Å²) in [5.74, 6) is -1.69. The molecule has 3 rings (SSSR count). The van der Waals surface area contributed by atoms with E-state index in [0.717, 1.165) is 38.3 Å². The van der Waals surface area contributed by atoms with Gasteiger partial charge in [0, 0.05) is 23.5 Å². The predicted molar refractivity (Wildman–Crippen MR) is 156 cm³/mol. The topological polar surface area (TPSA) is 86.8 Å². The first-order valence-corrected chi connectivity index (χ1v) is 15.2. The molecule has 0 aromatic heterocycles. The first-order valence-electron chi connectivity index (χ1n) is 12.2. The number of nitrogens with one attached hydrogen (secondary N) is 1. The van der Waals surface area contributed by atoms with Crippen molar-refractivity contribution in [2.45, 2.75) is 38.9 Å². The fourth-order valence-electron chi connectivity index (χ4n) is 3.98. The highest BCUT2D eigenvalue weighted by atomic mass is 79.9. The van der Waals surface area contributed by atoms with Crippen molar-refractivity contribution >= 4 is 55.1 Å². The number of sulfonamides is 1. The number of halogens is 3. The van der Waals surface area contributed by atoms with Crippen molar-refractivity contribution in [1.82, 2.24) is 10.2 Å². The molecule has 39 heavy (non-hydrogen) atoms. The van der Waals surface area contributed by atoms with Crippen LogP contribution >= 0.6 is 27.5 Å². The van der Waals surface area contributed by atoms with Crippen molar-refractivity contribution in [3.05, 3.63) is 99.2 Å². The third-order valence-corrected chi connectivity index (χ3v) is 7.80. The highest BCUT2D eigenvalue weighted by molar-refractivity contribution is 9.10. The Bertz CT molecular complexity index is 1410. The van der Waals surface area contributed by atoms with Crippen LogP contribution in [0.2, 0.25) is 5.02 Å². The molecule has 0 aliphatic carbocycles. The first kappa shape index (κ1) is 30.6. The second-order valence-corrected chi connectivity index (χ2v) is 12.6. The van der Waals surface area contributed by atoms with Gasteiger partial charge >= 0.3 is 0 Å². The number of carbonyl (C=O) groups excluding carboxylic acids is 2. The molecule has 3 aromatic carbocycles. The molecule has 208 valence electrons. The molecule has 0 saturated carbocycles. The van der Waals surface area contributed by atoms with Gasteiger partial charge in [0.15, 0.2) is 0 Å². The van der Waals surface area contributed by atoms with Gasteiger partial charge in [-0.25, -0.2) is 12.8 Å². The van der Waals surface area contributed by atoms with Gasteiger partial charge in [0.25, 0.3) is 0 Å². The SMILES string of the molecule is CC(C)NC(=O)[C@@H](Cc1ccccc1)N(Cc1ccc(Br)cc1)C(=O)CN(c1ccc(F)c(Cl)c1)S(C)(=O)=O. The van der Waals surface area contributed by atoms with E-state index in [1.165, 1.54) is 11.0 Å². The molecule has 0 saturated heterocycles. The smallest absolute Gasteiger partial charge is 0.244 e. The molecule has 1 atom stereocenters. The maximum Gasteiger partial charge on any atom is 0.244 e. The lowest BCUT2D eigenvalue weighted by atomic mass is 10.0. The second-order valence-electron chi connectivity index (χ2n) is 9.38. The predicted octanol–water partition coefficient (Wildman–Crippen LogP) is 5.17. The molecule has 0 unspecified atom stereocenters. The van der Waals surface area contributed by atoms with Crippen LogP contribution in [-0.2, 0) is 32.6 Å². The zero-order chi connectivity index (χ0) is 28.7. The fourth-order valence-corrected chi connectivity index (χ4v) is 5.26. The van der Waals surface area contributed by atoms with Gasteiger partial charge in [-0.3, -0.25) is 13.9 Å². The summed E-state index contributed by atoms with van der Waals surface area (Å²) < 4.78 is 41.0. The largest absolute Gasteiger partial charge is 0.352 e. The second kappa shape index (κ2) is 13.4. The molecule has 7 nitrogen and oxygen atoms in total. The third kappa shape index (κ3) is 8.78. The summed E-state index contributed by atoms with van der Waals surface area (Å²) in [6.07, 6.45) is 1.16. The van der Waals surface area contributed by atoms with E-state index in [9.17, 15) is 22.4 Å². The van der Waals surface area contributed by atoms with Gasteiger partial charge in [-0.1, -0.05) is 70.0 Å². The lowest BCUT2D eigenvalue weighted by molar-refractivity contribution is -0.140. The number of amides is 2. The number of nitrogens with zero attached hydrogens (tertiary/aromatic N) is 2. The van der Waals surface area contributed by atoms with Crippen LogP contribution in [-0.4, -0.2) is 50.0 Å². The molecule has 0 radical (unpaired) electrons. The Balaban J connectivity index is 2.06. The number of benzene rings is 3. The normalized spacial score (nSPS) is 12.2. The third-order valence-electron chi connectivity index (χ3n) is 5.84. The lowest BCUT2D eigenvalue weighted by Gasteiger charge is -2.34. The molecule has 0 aliphatic heterocycles. The van der Waals surface area contributed by atoms with Crippen molar-refractivity contribution in [2.75, 3.05) is 17.1 Å². The van der Waals surface area contributed by atoms with Crippen molar-refractivity contribution in [2.24, 2.45) is 0 Å². The van der Waals surface area contributed by atoms with Gasteiger partial charge in [0.1, 0.15) is 18.4 Å². The zero-order valence-electron chi connectivity index (χ0n) is 21.8. The summed E-state index contributed by atoms with van der Waals surface area (Å²) in [6.45, 7) is 3.08. The Morgan fingerprint density at radius 3 is 2.21 bits per heavy atom. The van der Waals surface area contributed by atoms with E-state index >= 15 is 0 Å². The average Bonchev–Trinajstić information content (AvgIpc) is 2.87. The van der Waals surface area contributed by atoms with Crippen LogP contribution in [0.25, 0.3) is 0 Å². The summed E-state index contributed by atoms with van der Waals surface area (Å²) in [6, 6.07) is 18.8. The molecule has 0 heterocycles. The highest BCUT2D eigenvalue weighted by Gasteiger charge is 2.33. The highest BCUT2D eigenvalue weighted by Crippen LogP contribution is 2.25. The van der Waals surface area contributed by atoms with E-state index in [1.54, 1.807) is 0 Å². The molecular formula is C28H30BrClFN3O4S. The molecule has 0 bridgehead atoms. The molecule has 0 aliphatic rings. The minimum Gasteiger partial charge on any atom is -0.352 e. The first-order chi connectivity index (χ1) is 18.3. The molecule has 0 fully saturated rings. The quantitative estimate of drug-likeness (QED) is 0.314. The van der Waals surface area contributed by atoms with Gasteiger partial charge in [0.05, 0.1) is 17.0 Å². The van der Waals surface area contributed by atoms with Crippen molar-refractivity contribution in [1.29, 1.82) is 0 Å². The Morgan fingerprint density at radius 2 is 1.64 bits per heavy atom. The number of rotatable bonds is 11. The fraction of sp³-hybridized carbons (Fsp3) is 0.286. The maximum atomic E-state index is 13.9. The summed E-state index contributed by atoms with van der Waals surface area (Å²) >= 11 is 9.31. The van der Waals surface area contributed by atoms with Crippen LogP contribution in [0, 0.1) is 5.82 Å². The van der Waals surface area contributed by atoms with Crippen molar-refractivity contribution in [3.63, 3.8) is 0 Å². The van der Waals surface area contributed by atoms with Gasteiger partial charge in [-0.15, -0.1) is 0 Å². The standard InChI is InChI=1S/C28H30BrClFN3O4S/c1-19(2)32-28(36)26(15-20-7-5-4-6-8-20)33(17-21-9-11-22(29)12-10-21)27(35)18-34(39(3,37)38)23-13-14-25(31)24(30)16-23/h4-14,16,19,26H,15,17-18H2,1-3H3,(H,32,36)/t26-/m1/s1. The Morgan fingerprint density at radius 1 is 1.00 bits per heavy atom. The van der Waals surface area contributed by atoms with E-state index in [0.29, 0.717) is 0 Å². The van der Waals surface area contributed by atoms with Gasteiger partial charge in [-0.05, 0) is 55.3 Å².